The second-order valence-corrected chi connectivity index (χ2v) is 4.81. The molecule has 16 heavy (non-hydrogen) atoms. The van der Waals surface area contributed by atoms with Crippen LogP contribution in [0.25, 0.3) is 0 Å². The highest BCUT2D eigenvalue weighted by Crippen LogP contribution is 2.19. The number of carbonyl (C=O) groups is 2. The third-order valence-corrected chi connectivity index (χ3v) is 3.82. The van der Waals surface area contributed by atoms with Gasteiger partial charge in [0.1, 0.15) is 6.04 Å². The van der Waals surface area contributed by atoms with Crippen LogP contribution in [0, 0.1) is 6.92 Å². The summed E-state index contributed by atoms with van der Waals surface area (Å²) in [5.41, 5.74) is 0.980. The first-order valence-electron chi connectivity index (χ1n) is 5.24. The maximum absolute atomic E-state index is 12.2. The molecule has 1 atom stereocenters. The van der Waals surface area contributed by atoms with Gasteiger partial charge in [-0.05, 0) is 30.9 Å². The van der Waals surface area contributed by atoms with Crippen molar-refractivity contribution in [3.05, 3.63) is 21.9 Å². The van der Waals surface area contributed by atoms with E-state index >= 15 is 0 Å². The molecule has 0 radical (unpaired) electrons. The normalized spacial score (nSPS) is 20.8. The molecule has 4 nitrogen and oxygen atoms in total. The highest BCUT2D eigenvalue weighted by molar-refractivity contribution is 7.12. The number of hydrogen-bond donors (Lipinski definition) is 1. The second-order valence-electron chi connectivity index (χ2n) is 3.90. The van der Waals surface area contributed by atoms with Crippen LogP contribution in [-0.4, -0.2) is 35.8 Å². The maximum atomic E-state index is 12.2. The fraction of sp³-hybridized carbons (Fsp3) is 0.455. The number of nitrogens with zero attached hydrogens (tertiary/aromatic N) is 1. The SMILES string of the molecule is Cc1ccsc1C(=O)N1CCNC(=O)C1C. The van der Waals surface area contributed by atoms with E-state index in [1.807, 2.05) is 18.4 Å². The van der Waals surface area contributed by atoms with Crippen LogP contribution in [0.4, 0.5) is 0 Å². The minimum absolute atomic E-state index is 0.0325. The smallest absolute Gasteiger partial charge is 0.264 e. The first-order valence-corrected chi connectivity index (χ1v) is 6.12. The first kappa shape index (κ1) is 11.1. The Kier molecular flexibility index (Phi) is 2.96. The summed E-state index contributed by atoms with van der Waals surface area (Å²) in [7, 11) is 0. The lowest BCUT2D eigenvalue weighted by atomic mass is 10.2. The molecule has 5 heteroatoms. The summed E-state index contributed by atoms with van der Waals surface area (Å²) in [6.45, 7) is 4.80. The molecule has 0 spiro atoms. The molecule has 1 N–H and O–H groups in total. The fourth-order valence-electron chi connectivity index (χ4n) is 1.78. The average molecular weight is 238 g/mol. The molecule has 0 bridgehead atoms. The van der Waals surface area contributed by atoms with Gasteiger partial charge in [0.2, 0.25) is 5.91 Å². The van der Waals surface area contributed by atoms with Crippen molar-refractivity contribution in [2.24, 2.45) is 0 Å². The van der Waals surface area contributed by atoms with Gasteiger partial charge in [0, 0.05) is 13.1 Å². The zero-order chi connectivity index (χ0) is 11.7. The van der Waals surface area contributed by atoms with Gasteiger partial charge in [-0.2, -0.15) is 0 Å². The van der Waals surface area contributed by atoms with Crippen molar-refractivity contribution in [1.82, 2.24) is 10.2 Å². The summed E-state index contributed by atoms with van der Waals surface area (Å²) in [5.74, 6) is -0.108. The Bertz CT molecular complexity index is 427. The molecule has 1 saturated heterocycles. The molecule has 1 unspecified atom stereocenters. The standard InChI is InChI=1S/C11H14N2O2S/c1-7-3-6-16-9(7)11(15)13-5-4-12-10(14)8(13)2/h3,6,8H,4-5H2,1-2H3,(H,12,14). The van der Waals surface area contributed by atoms with E-state index in [1.54, 1.807) is 11.8 Å². The molecule has 1 aliphatic heterocycles. The van der Waals surface area contributed by atoms with E-state index in [2.05, 4.69) is 5.32 Å². The van der Waals surface area contributed by atoms with Crippen LogP contribution in [-0.2, 0) is 4.79 Å². The molecule has 1 aliphatic rings. The van der Waals surface area contributed by atoms with Crippen molar-refractivity contribution in [3.63, 3.8) is 0 Å². The molecule has 0 aliphatic carbocycles. The predicted octanol–water partition coefficient (Wildman–Crippen LogP) is 1.02. The van der Waals surface area contributed by atoms with Crippen molar-refractivity contribution in [1.29, 1.82) is 0 Å². The van der Waals surface area contributed by atoms with E-state index in [0.717, 1.165) is 10.4 Å². The number of rotatable bonds is 1. The van der Waals surface area contributed by atoms with E-state index in [9.17, 15) is 9.59 Å². The van der Waals surface area contributed by atoms with Crippen molar-refractivity contribution in [3.8, 4) is 0 Å². The summed E-state index contributed by atoms with van der Waals surface area (Å²) in [5, 5.41) is 4.65. The van der Waals surface area contributed by atoms with Gasteiger partial charge in [0.05, 0.1) is 4.88 Å². The Morgan fingerprint density at radius 2 is 2.38 bits per heavy atom. The molecule has 1 fully saturated rings. The maximum Gasteiger partial charge on any atom is 0.264 e. The number of piperazine rings is 1. The lowest BCUT2D eigenvalue weighted by Crippen LogP contribution is -2.55. The van der Waals surface area contributed by atoms with E-state index in [-0.39, 0.29) is 17.9 Å². The molecule has 0 saturated carbocycles. The number of thiophene rings is 1. The van der Waals surface area contributed by atoms with E-state index in [4.69, 9.17) is 0 Å². The fourth-order valence-corrected chi connectivity index (χ4v) is 2.66. The van der Waals surface area contributed by atoms with E-state index in [0.29, 0.717) is 13.1 Å². The Balaban J connectivity index is 2.22. The molecule has 2 amide bonds. The van der Waals surface area contributed by atoms with Crippen LogP contribution in [0.5, 0.6) is 0 Å². The molecule has 0 aromatic carbocycles. The van der Waals surface area contributed by atoms with Gasteiger partial charge in [-0.15, -0.1) is 11.3 Å². The quantitative estimate of drug-likeness (QED) is 0.794. The van der Waals surface area contributed by atoms with E-state index < -0.39 is 0 Å². The monoisotopic (exact) mass is 238 g/mol. The first-order chi connectivity index (χ1) is 7.61. The summed E-state index contributed by atoms with van der Waals surface area (Å²) in [4.78, 5) is 26.0. The van der Waals surface area contributed by atoms with Gasteiger partial charge >= 0.3 is 0 Å². The largest absolute Gasteiger partial charge is 0.353 e. The summed E-state index contributed by atoms with van der Waals surface area (Å²) in [6, 6.07) is 1.55. The average Bonchev–Trinajstić information content (AvgIpc) is 2.68. The van der Waals surface area contributed by atoms with Gasteiger partial charge in [-0.1, -0.05) is 0 Å². The predicted molar refractivity (Wildman–Crippen MR) is 62.6 cm³/mol. The van der Waals surface area contributed by atoms with E-state index in [1.165, 1.54) is 11.3 Å². The van der Waals surface area contributed by atoms with Gasteiger partial charge in [-0.3, -0.25) is 9.59 Å². The Labute approximate surface area is 98.3 Å². The van der Waals surface area contributed by atoms with Gasteiger partial charge < -0.3 is 10.2 Å². The highest BCUT2D eigenvalue weighted by atomic mass is 32.1. The zero-order valence-electron chi connectivity index (χ0n) is 9.32. The Morgan fingerprint density at radius 1 is 1.62 bits per heavy atom. The van der Waals surface area contributed by atoms with Gasteiger partial charge in [0.25, 0.3) is 5.91 Å². The van der Waals surface area contributed by atoms with Crippen LogP contribution >= 0.6 is 11.3 Å². The molecule has 86 valence electrons. The molecule has 2 rings (SSSR count). The summed E-state index contributed by atoms with van der Waals surface area (Å²) >= 11 is 1.43. The van der Waals surface area contributed by atoms with Crippen molar-refractivity contribution < 1.29 is 9.59 Å². The summed E-state index contributed by atoms with van der Waals surface area (Å²) in [6.07, 6.45) is 0. The number of amides is 2. The van der Waals surface area contributed by atoms with Crippen LogP contribution < -0.4 is 5.32 Å². The number of nitrogens with one attached hydrogen (secondary N) is 1. The van der Waals surface area contributed by atoms with Crippen molar-refractivity contribution in [2.75, 3.05) is 13.1 Å². The van der Waals surface area contributed by atoms with Crippen LogP contribution in [0.2, 0.25) is 0 Å². The Hall–Kier alpha value is -1.36. The van der Waals surface area contributed by atoms with Crippen molar-refractivity contribution in [2.45, 2.75) is 19.9 Å². The zero-order valence-corrected chi connectivity index (χ0v) is 10.1. The minimum Gasteiger partial charge on any atom is -0.353 e. The number of aryl methyl sites for hydroxylation is 1. The highest BCUT2D eigenvalue weighted by Gasteiger charge is 2.30. The van der Waals surface area contributed by atoms with Crippen LogP contribution in [0.1, 0.15) is 22.2 Å². The number of hydrogen-bond acceptors (Lipinski definition) is 3. The van der Waals surface area contributed by atoms with Crippen LogP contribution in [0.15, 0.2) is 11.4 Å². The molecule has 1 aromatic heterocycles. The van der Waals surface area contributed by atoms with Gasteiger partial charge in [0.15, 0.2) is 0 Å². The molecule has 2 heterocycles. The third-order valence-electron chi connectivity index (χ3n) is 2.82. The van der Waals surface area contributed by atoms with Crippen molar-refractivity contribution >= 4 is 23.2 Å². The Morgan fingerprint density at radius 3 is 3.00 bits per heavy atom. The lowest BCUT2D eigenvalue weighted by Gasteiger charge is -2.32. The topological polar surface area (TPSA) is 49.4 Å². The third kappa shape index (κ3) is 1.82. The molecular weight excluding hydrogens is 224 g/mol. The van der Waals surface area contributed by atoms with Crippen LogP contribution in [0.3, 0.4) is 0 Å². The summed E-state index contributed by atoms with van der Waals surface area (Å²) < 4.78 is 0. The molecule has 1 aromatic rings. The minimum atomic E-state index is -0.372. The lowest BCUT2D eigenvalue weighted by molar-refractivity contribution is -0.127. The molecular formula is C11H14N2O2S. The number of carbonyl (C=O) groups excluding carboxylic acids is 2. The second kappa shape index (κ2) is 4.25. The van der Waals surface area contributed by atoms with Gasteiger partial charge in [-0.25, -0.2) is 0 Å².